The topological polar surface area (TPSA) is 75.2 Å². The van der Waals surface area contributed by atoms with E-state index in [0.717, 1.165) is 0 Å². The molecule has 2 heterocycles. The smallest absolute Gasteiger partial charge is 0.229 e. The normalized spacial score (nSPS) is 17.5. The van der Waals surface area contributed by atoms with E-state index >= 15 is 0 Å². The number of nitrogens with one attached hydrogen (secondary N) is 1. The Morgan fingerprint density at radius 1 is 1.52 bits per heavy atom. The molecule has 0 spiro atoms. The molecule has 0 saturated carbocycles. The molecule has 1 unspecified atom stereocenters. The van der Waals surface area contributed by atoms with Crippen LogP contribution in [-0.2, 0) is 9.59 Å². The fourth-order valence-corrected chi connectivity index (χ4v) is 3.04. The molecule has 1 saturated heterocycles. The van der Waals surface area contributed by atoms with Crippen molar-refractivity contribution in [1.82, 2.24) is 15.1 Å². The highest BCUT2D eigenvalue weighted by Gasteiger charge is 2.28. The molecule has 0 bridgehead atoms. The summed E-state index contributed by atoms with van der Waals surface area (Å²) in [6.45, 7) is 3.38. The average molecular weight is 328 g/mol. The lowest BCUT2D eigenvalue weighted by Crippen LogP contribution is -2.42. The van der Waals surface area contributed by atoms with Gasteiger partial charge in [-0.1, -0.05) is 18.3 Å². The predicted molar refractivity (Wildman–Crippen MR) is 85.4 cm³/mol. The number of thioether (sulfide) groups is 1. The number of anilines is 1. The van der Waals surface area contributed by atoms with Crippen LogP contribution in [0.4, 0.5) is 5.13 Å². The number of rotatable bonds is 5. The van der Waals surface area contributed by atoms with Crippen molar-refractivity contribution in [3.8, 4) is 0 Å². The standard InChI is InChI=1S/C13H20N4O2S2/c1-9(20-2)7-11(18)17-5-3-10(4-6-17)12(19)15-13-16-14-8-21-13/h8-10H,3-7H2,1-2H3,(H,15,16,19). The molecule has 0 aliphatic carbocycles. The number of hydrogen-bond acceptors (Lipinski definition) is 6. The van der Waals surface area contributed by atoms with Gasteiger partial charge in [0.05, 0.1) is 0 Å². The Morgan fingerprint density at radius 3 is 2.81 bits per heavy atom. The molecule has 1 aliphatic rings. The second kappa shape index (κ2) is 7.74. The van der Waals surface area contributed by atoms with Crippen LogP contribution in [0.25, 0.3) is 0 Å². The van der Waals surface area contributed by atoms with E-state index in [9.17, 15) is 9.59 Å². The number of piperidine rings is 1. The zero-order valence-corrected chi connectivity index (χ0v) is 13.9. The van der Waals surface area contributed by atoms with Crippen molar-refractivity contribution in [3.05, 3.63) is 5.51 Å². The van der Waals surface area contributed by atoms with Crippen LogP contribution in [0.3, 0.4) is 0 Å². The maximum absolute atomic E-state index is 12.1. The third-order valence-electron chi connectivity index (χ3n) is 3.67. The summed E-state index contributed by atoms with van der Waals surface area (Å²) in [5.41, 5.74) is 1.59. The summed E-state index contributed by atoms with van der Waals surface area (Å²) in [7, 11) is 0. The number of amides is 2. The minimum atomic E-state index is -0.0454. The third-order valence-corrected chi connectivity index (χ3v) is 5.25. The van der Waals surface area contributed by atoms with Crippen molar-refractivity contribution in [2.45, 2.75) is 31.4 Å². The fourth-order valence-electron chi connectivity index (χ4n) is 2.28. The van der Waals surface area contributed by atoms with Crippen LogP contribution < -0.4 is 5.32 Å². The van der Waals surface area contributed by atoms with Gasteiger partial charge in [0.1, 0.15) is 5.51 Å². The van der Waals surface area contributed by atoms with Crippen molar-refractivity contribution in [1.29, 1.82) is 0 Å². The van der Waals surface area contributed by atoms with Gasteiger partial charge in [-0.25, -0.2) is 0 Å². The molecule has 2 rings (SSSR count). The number of aromatic nitrogens is 2. The van der Waals surface area contributed by atoms with Gasteiger partial charge >= 0.3 is 0 Å². The van der Waals surface area contributed by atoms with Crippen LogP contribution >= 0.6 is 23.1 Å². The summed E-state index contributed by atoms with van der Waals surface area (Å²) in [5, 5.41) is 11.2. The van der Waals surface area contributed by atoms with Crippen molar-refractivity contribution in [3.63, 3.8) is 0 Å². The van der Waals surface area contributed by atoms with E-state index in [1.807, 2.05) is 11.2 Å². The molecule has 1 aliphatic heterocycles. The van der Waals surface area contributed by atoms with Crippen LogP contribution in [0.1, 0.15) is 26.2 Å². The van der Waals surface area contributed by atoms with Crippen molar-refractivity contribution >= 4 is 40.0 Å². The maximum atomic E-state index is 12.1. The first-order valence-corrected chi connectivity index (χ1v) is 9.14. The van der Waals surface area contributed by atoms with Gasteiger partial charge in [-0.2, -0.15) is 11.8 Å². The Hall–Kier alpha value is -1.15. The summed E-state index contributed by atoms with van der Waals surface area (Å²) >= 11 is 3.01. The molecule has 116 valence electrons. The number of hydrogen-bond donors (Lipinski definition) is 1. The summed E-state index contributed by atoms with van der Waals surface area (Å²) in [5.74, 6) is 0.132. The van der Waals surface area contributed by atoms with Gasteiger partial charge < -0.3 is 10.2 Å². The SMILES string of the molecule is CSC(C)CC(=O)N1CCC(C(=O)Nc2nncs2)CC1. The number of carbonyl (C=O) groups is 2. The van der Waals surface area contributed by atoms with Crippen LogP contribution in [0.15, 0.2) is 5.51 Å². The lowest BCUT2D eigenvalue weighted by molar-refractivity contribution is -0.134. The van der Waals surface area contributed by atoms with Crippen molar-refractivity contribution in [2.24, 2.45) is 5.92 Å². The molecule has 6 nitrogen and oxygen atoms in total. The highest BCUT2D eigenvalue weighted by atomic mass is 32.2. The summed E-state index contributed by atoms with van der Waals surface area (Å²) in [4.78, 5) is 26.1. The van der Waals surface area contributed by atoms with E-state index in [1.54, 1.807) is 17.3 Å². The fraction of sp³-hybridized carbons (Fsp3) is 0.692. The quantitative estimate of drug-likeness (QED) is 0.893. The van der Waals surface area contributed by atoms with E-state index in [-0.39, 0.29) is 17.7 Å². The minimum Gasteiger partial charge on any atom is -0.343 e. The Kier molecular flexibility index (Phi) is 5.98. The molecule has 8 heteroatoms. The van der Waals surface area contributed by atoms with Crippen LogP contribution in [-0.4, -0.2) is 51.5 Å². The van der Waals surface area contributed by atoms with Gasteiger partial charge in [-0.3, -0.25) is 9.59 Å². The molecule has 0 aromatic carbocycles. The molecule has 1 aromatic rings. The van der Waals surface area contributed by atoms with Gasteiger partial charge in [0.15, 0.2) is 0 Å². The Labute approximate surface area is 132 Å². The zero-order chi connectivity index (χ0) is 15.2. The summed E-state index contributed by atoms with van der Waals surface area (Å²) in [6.07, 6.45) is 4.01. The second-order valence-electron chi connectivity index (χ2n) is 5.14. The molecule has 1 fully saturated rings. The molecule has 1 N–H and O–H groups in total. The Morgan fingerprint density at radius 2 is 2.24 bits per heavy atom. The van der Waals surface area contributed by atoms with Crippen LogP contribution in [0.5, 0.6) is 0 Å². The lowest BCUT2D eigenvalue weighted by Gasteiger charge is -2.31. The predicted octanol–water partition coefficient (Wildman–Crippen LogP) is 1.86. The number of nitrogens with zero attached hydrogens (tertiary/aromatic N) is 3. The zero-order valence-electron chi connectivity index (χ0n) is 12.2. The number of likely N-dealkylation sites (tertiary alicyclic amines) is 1. The minimum absolute atomic E-state index is 0.0173. The average Bonchev–Trinajstić information content (AvgIpc) is 3.00. The summed E-state index contributed by atoms with van der Waals surface area (Å²) in [6, 6.07) is 0. The van der Waals surface area contributed by atoms with E-state index in [0.29, 0.717) is 42.7 Å². The molecular formula is C13H20N4O2S2. The Balaban J connectivity index is 1.77. The number of carbonyl (C=O) groups excluding carboxylic acids is 2. The van der Waals surface area contributed by atoms with Gasteiger partial charge in [0, 0.05) is 30.7 Å². The Bertz CT molecular complexity index is 473. The van der Waals surface area contributed by atoms with Gasteiger partial charge in [0.2, 0.25) is 16.9 Å². The molecule has 21 heavy (non-hydrogen) atoms. The van der Waals surface area contributed by atoms with E-state index in [1.165, 1.54) is 11.3 Å². The first kappa shape index (κ1) is 16.2. The molecule has 2 amide bonds. The molecule has 1 atom stereocenters. The van der Waals surface area contributed by atoms with E-state index in [4.69, 9.17) is 0 Å². The first-order valence-electron chi connectivity index (χ1n) is 6.97. The van der Waals surface area contributed by atoms with Crippen LogP contribution in [0.2, 0.25) is 0 Å². The van der Waals surface area contributed by atoms with Gasteiger partial charge in [-0.05, 0) is 19.1 Å². The molecular weight excluding hydrogens is 308 g/mol. The monoisotopic (exact) mass is 328 g/mol. The molecule has 0 radical (unpaired) electrons. The van der Waals surface area contributed by atoms with Gasteiger partial charge in [-0.15, -0.1) is 10.2 Å². The summed E-state index contributed by atoms with van der Waals surface area (Å²) < 4.78 is 0. The van der Waals surface area contributed by atoms with Crippen LogP contribution in [0, 0.1) is 5.92 Å². The third kappa shape index (κ3) is 4.67. The highest BCUT2D eigenvalue weighted by Crippen LogP contribution is 2.21. The maximum Gasteiger partial charge on any atom is 0.229 e. The molecule has 1 aromatic heterocycles. The largest absolute Gasteiger partial charge is 0.343 e. The van der Waals surface area contributed by atoms with Crippen molar-refractivity contribution < 1.29 is 9.59 Å². The van der Waals surface area contributed by atoms with Crippen molar-refractivity contribution in [2.75, 3.05) is 24.7 Å². The highest BCUT2D eigenvalue weighted by molar-refractivity contribution is 7.99. The second-order valence-corrected chi connectivity index (χ2v) is 7.25. The lowest BCUT2D eigenvalue weighted by atomic mass is 9.95. The van der Waals surface area contributed by atoms with E-state index in [2.05, 4.69) is 22.4 Å². The van der Waals surface area contributed by atoms with Gasteiger partial charge in [0.25, 0.3) is 0 Å². The first-order chi connectivity index (χ1) is 10.1. The van der Waals surface area contributed by atoms with E-state index < -0.39 is 0 Å².